The number of ether oxygens (including phenoxy) is 1. The summed E-state index contributed by atoms with van der Waals surface area (Å²) < 4.78 is 5.50. The van der Waals surface area contributed by atoms with Gasteiger partial charge in [0, 0.05) is 6.04 Å². The van der Waals surface area contributed by atoms with Gasteiger partial charge in [0.1, 0.15) is 5.75 Å². The number of hydrogen-bond acceptors (Lipinski definition) is 2. The maximum atomic E-state index is 11.7. The van der Waals surface area contributed by atoms with E-state index >= 15 is 0 Å². The Kier molecular flexibility index (Phi) is 7.71. The van der Waals surface area contributed by atoms with Crippen molar-refractivity contribution >= 4 is 5.91 Å². The molecule has 1 aromatic carbocycles. The Bertz CT molecular complexity index is 351. The van der Waals surface area contributed by atoms with Gasteiger partial charge in [0.2, 0.25) is 5.91 Å². The van der Waals surface area contributed by atoms with Crippen LogP contribution in [0.5, 0.6) is 5.75 Å². The second-order valence-corrected chi connectivity index (χ2v) is 4.88. The number of rotatable bonds is 9. The van der Waals surface area contributed by atoms with Crippen LogP contribution < -0.4 is 10.1 Å². The third-order valence-corrected chi connectivity index (χ3v) is 2.99. The molecule has 0 heterocycles. The first-order chi connectivity index (χ1) is 9.22. The lowest BCUT2D eigenvalue weighted by atomic mass is 10.1. The molecular formula is C16H25NO2. The zero-order chi connectivity index (χ0) is 13.9. The highest BCUT2D eigenvalue weighted by Gasteiger charge is 2.07. The fourth-order valence-electron chi connectivity index (χ4n) is 1.90. The normalized spacial score (nSPS) is 11.9. The van der Waals surface area contributed by atoms with Crippen molar-refractivity contribution in [2.24, 2.45) is 0 Å². The van der Waals surface area contributed by atoms with Crippen LogP contribution in [0, 0.1) is 0 Å². The predicted molar refractivity (Wildman–Crippen MR) is 78.3 cm³/mol. The summed E-state index contributed by atoms with van der Waals surface area (Å²) in [5.74, 6) is 0.881. The van der Waals surface area contributed by atoms with Crippen LogP contribution in [0.3, 0.4) is 0 Å². The van der Waals surface area contributed by atoms with E-state index in [9.17, 15) is 4.79 Å². The zero-order valence-corrected chi connectivity index (χ0v) is 12.0. The molecular weight excluding hydrogens is 238 g/mol. The van der Waals surface area contributed by atoms with Gasteiger partial charge in [-0.1, -0.05) is 44.4 Å². The molecule has 0 aromatic heterocycles. The molecule has 106 valence electrons. The number of hydrogen-bond donors (Lipinski definition) is 1. The highest BCUT2D eigenvalue weighted by molar-refractivity contribution is 5.76. The Morgan fingerprint density at radius 2 is 2.00 bits per heavy atom. The molecule has 0 aliphatic rings. The van der Waals surface area contributed by atoms with Gasteiger partial charge in [0.05, 0.1) is 13.0 Å². The van der Waals surface area contributed by atoms with Gasteiger partial charge in [0.25, 0.3) is 0 Å². The summed E-state index contributed by atoms with van der Waals surface area (Å²) in [6, 6.07) is 9.83. The third kappa shape index (κ3) is 7.50. The molecule has 0 bridgehead atoms. The first kappa shape index (κ1) is 15.5. The number of carbonyl (C=O) groups is 1. The largest absolute Gasteiger partial charge is 0.493 e. The molecule has 1 unspecified atom stereocenters. The standard InChI is InChI=1S/C16H25NO2/c1-3-4-6-9-14(2)17-16(18)12-13-19-15-10-7-5-8-11-15/h5,7-8,10-11,14H,3-4,6,9,12-13H2,1-2H3,(H,17,18). The van der Waals surface area contributed by atoms with Crippen molar-refractivity contribution in [3.8, 4) is 5.75 Å². The van der Waals surface area contributed by atoms with E-state index in [0.29, 0.717) is 13.0 Å². The smallest absolute Gasteiger partial charge is 0.223 e. The first-order valence-corrected chi connectivity index (χ1v) is 7.19. The molecule has 1 rings (SSSR count). The summed E-state index contributed by atoms with van der Waals surface area (Å²) in [5, 5.41) is 3.01. The highest BCUT2D eigenvalue weighted by atomic mass is 16.5. The maximum Gasteiger partial charge on any atom is 0.223 e. The molecule has 1 N–H and O–H groups in total. The number of benzene rings is 1. The molecule has 0 saturated heterocycles. The van der Waals surface area contributed by atoms with Crippen LogP contribution in [0.25, 0.3) is 0 Å². The van der Waals surface area contributed by atoms with Gasteiger partial charge in [-0.3, -0.25) is 4.79 Å². The monoisotopic (exact) mass is 263 g/mol. The molecule has 1 atom stereocenters. The lowest BCUT2D eigenvalue weighted by Crippen LogP contribution is -2.33. The lowest BCUT2D eigenvalue weighted by Gasteiger charge is -2.13. The Morgan fingerprint density at radius 1 is 1.26 bits per heavy atom. The molecule has 1 aromatic rings. The van der Waals surface area contributed by atoms with Crippen LogP contribution in [0.15, 0.2) is 30.3 Å². The first-order valence-electron chi connectivity index (χ1n) is 7.19. The Labute approximate surface area is 116 Å². The molecule has 0 fully saturated rings. The number of unbranched alkanes of at least 4 members (excludes halogenated alkanes) is 2. The summed E-state index contributed by atoms with van der Waals surface area (Å²) in [6.07, 6.45) is 5.09. The minimum Gasteiger partial charge on any atom is -0.493 e. The van der Waals surface area contributed by atoms with Crippen molar-refractivity contribution in [2.45, 2.75) is 52.0 Å². The molecule has 3 heteroatoms. The van der Waals surface area contributed by atoms with Gasteiger partial charge in [-0.25, -0.2) is 0 Å². The minimum atomic E-state index is 0.0694. The molecule has 0 saturated carbocycles. The zero-order valence-electron chi connectivity index (χ0n) is 12.0. The van der Waals surface area contributed by atoms with Gasteiger partial charge in [0.15, 0.2) is 0 Å². The average Bonchev–Trinajstić information content (AvgIpc) is 2.40. The average molecular weight is 263 g/mol. The van der Waals surface area contributed by atoms with E-state index in [1.807, 2.05) is 30.3 Å². The molecule has 3 nitrogen and oxygen atoms in total. The number of amides is 1. The van der Waals surface area contributed by atoms with Crippen molar-refractivity contribution in [1.82, 2.24) is 5.32 Å². The fraction of sp³-hybridized carbons (Fsp3) is 0.562. The molecule has 0 radical (unpaired) electrons. The van der Waals surface area contributed by atoms with Crippen LogP contribution >= 0.6 is 0 Å². The van der Waals surface area contributed by atoms with Gasteiger partial charge < -0.3 is 10.1 Å². The summed E-state index contributed by atoms with van der Waals surface area (Å²) in [5.41, 5.74) is 0. The second-order valence-electron chi connectivity index (χ2n) is 4.88. The summed E-state index contributed by atoms with van der Waals surface area (Å²) in [6.45, 7) is 4.67. The predicted octanol–water partition coefficient (Wildman–Crippen LogP) is 3.54. The number of carbonyl (C=O) groups excluding carboxylic acids is 1. The van der Waals surface area contributed by atoms with Crippen LogP contribution in [-0.2, 0) is 4.79 Å². The summed E-state index contributed by atoms with van der Waals surface area (Å²) in [4.78, 5) is 11.7. The Hall–Kier alpha value is -1.51. The van der Waals surface area contributed by atoms with E-state index < -0.39 is 0 Å². The van der Waals surface area contributed by atoms with Gasteiger partial charge >= 0.3 is 0 Å². The van der Waals surface area contributed by atoms with Crippen LogP contribution in [0.2, 0.25) is 0 Å². The molecule has 0 spiro atoms. The van der Waals surface area contributed by atoms with E-state index in [2.05, 4.69) is 19.2 Å². The Morgan fingerprint density at radius 3 is 2.68 bits per heavy atom. The number of nitrogens with one attached hydrogen (secondary N) is 1. The minimum absolute atomic E-state index is 0.0694. The van der Waals surface area contributed by atoms with Crippen molar-refractivity contribution in [2.75, 3.05) is 6.61 Å². The molecule has 0 aliphatic heterocycles. The number of para-hydroxylation sites is 1. The fourth-order valence-corrected chi connectivity index (χ4v) is 1.90. The molecule has 19 heavy (non-hydrogen) atoms. The van der Waals surface area contributed by atoms with E-state index in [1.54, 1.807) is 0 Å². The van der Waals surface area contributed by atoms with Crippen molar-refractivity contribution in [1.29, 1.82) is 0 Å². The lowest BCUT2D eigenvalue weighted by molar-refractivity contribution is -0.122. The van der Waals surface area contributed by atoms with E-state index in [-0.39, 0.29) is 11.9 Å². The topological polar surface area (TPSA) is 38.3 Å². The van der Waals surface area contributed by atoms with Gasteiger partial charge in [-0.05, 0) is 25.5 Å². The second kappa shape index (κ2) is 9.42. The van der Waals surface area contributed by atoms with E-state index in [0.717, 1.165) is 12.2 Å². The van der Waals surface area contributed by atoms with Crippen molar-refractivity contribution in [3.63, 3.8) is 0 Å². The van der Waals surface area contributed by atoms with Crippen LogP contribution in [0.4, 0.5) is 0 Å². The van der Waals surface area contributed by atoms with Gasteiger partial charge in [-0.2, -0.15) is 0 Å². The van der Waals surface area contributed by atoms with Crippen LogP contribution in [-0.4, -0.2) is 18.6 Å². The molecule has 0 aliphatic carbocycles. The highest BCUT2D eigenvalue weighted by Crippen LogP contribution is 2.08. The van der Waals surface area contributed by atoms with E-state index in [1.165, 1.54) is 19.3 Å². The Balaban J connectivity index is 2.10. The molecule has 1 amide bonds. The van der Waals surface area contributed by atoms with E-state index in [4.69, 9.17) is 4.74 Å². The van der Waals surface area contributed by atoms with Crippen LogP contribution in [0.1, 0.15) is 46.0 Å². The maximum absolute atomic E-state index is 11.7. The quantitative estimate of drug-likeness (QED) is 0.692. The summed E-state index contributed by atoms with van der Waals surface area (Å²) in [7, 11) is 0. The SMILES string of the molecule is CCCCCC(C)NC(=O)CCOc1ccccc1. The van der Waals surface area contributed by atoms with Gasteiger partial charge in [-0.15, -0.1) is 0 Å². The summed E-state index contributed by atoms with van der Waals surface area (Å²) >= 11 is 0. The third-order valence-electron chi connectivity index (χ3n) is 2.99. The van der Waals surface area contributed by atoms with Crippen molar-refractivity contribution in [3.05, 3.63) is 30.3 Å². The van der Waals surface area contributed by atoms with Crippen molar-refractivity contribution < 1.29 is 9.53 Å².